The Kier molecular flexibility index (Phi) is 5.65. The van der Waals surface area contributed by atoms with Gasteiger partial charge in [-0.25, -0.2) is 4.98 Å². The Bertz CT molecular complexity index is 1060. The lowest BCUT2D eigenvalue weighted by Crippen LogP contribution is -2.44. The predicted molar refractivity (Wildman–Crippen MR) is 117 cm³/mol. The van der Waals surface area contributed by atoms with Crippen molar-refractivity contribution in [3.63, 3.8) is 0 Å². The molecule has 9 nitrogen and oxygen atoms in total. The maximum atomic E-state index is 13.2. The highest BCUT2D eigenvalue weighted by Gasteiger charge is 2.37. The number of morpholine rings is 1. The van der Waals surface area contributed by atoms with Crippen molar-refractivity contribution in [1.82, 2.24) is 19.8 Å². The van der Waals surface area contributed by atoms with Crippen LogP contribution in [0.3, 0.4) is 0 Å². The number of H-pyrrole nitrogens is 1. The van der Waals surface area contributed by atoms with Crippen LogP contribution in [-0.4, -0.2) is 71.0 Å². The minimum Gasteiger partial charge on any atom is -0.378 e. The maximum Gasteiger partial charge on any atom is 0.255 e. The summed E-state index contributed by atoms with van der Waals surface area (Å²) in [6.45, 7) is 4.26. The number of aromatic nitrogens is 2. The van der Waals surface area contributed by atoms with Gasteiger partial charge in [-0.15, -0.1) is 0 Å². The molecule has 0 bridgehead atoms. The van der Waals surface area contributed by atoms with Gasteiger partial charge >= 0.3 is 0 Å². The second-order valence-electron chi connectivity index (χ2n) is 8.58. The van der Waals surface area contributed by atoms with Gasteiger partial charge < -0.3 is 19.4 Å². The van der Waals surface area contributed by atoms with Crippen LogP contribution in [0.2, 0.25) is 0 Å². The second kappa shape index (κ2) is 8.74. The van der Waals surface area contributed by atoms with Crippen molar-refractivity contribution in [1.29, 1.82) is 0 Å². The van der Waals surface area contributed by atoms with Crippen LogP contribution in [0.15, 0.2) is 35.1 Å². The van der Waals surface area contributed by atoms with Crippen molar-refractivity contribution in [2.75, 3.05) is 44.3 Å². The lowest BCUT2D eigenvalue weighted by Gasteiger charge is -2.32. The van der Waals surface area contributed by atoms with E-state index in [0.29, 0.717) is 76.1 Å². The minimum atomic E-state index is -0.353. The van der Waals surface area contributed by atoms with Crippen LogP contribution in [0, 0.1) is 5.92 Å². The van der Waals surface area contributed by atoms with Gasteiger partial charge in [0.05, 0.1) is 31.4 Å². The molecule has 0 unspecified atom stereocenters. The molecule has 9 heteroatoms. The summed E-state index contributed by atoms with van der Waals surface area (Å²) < 4.78 is 5.38. The molecule has 2 amide bonds. The largest absolute Gasteiger partial charge is 0.378 e. The number of nitrogens with one attached hydrogen (secondary N) is 1. The topological polar surface area (TPSA) is 98.8 Å². The van der Waals surface area contributed by atoms with Gasteiger partial charge in [-0.3, -0.25) is 19.4 Å². The molecule has 1 aromatic heterocycles. The van der Waals surface area contributed by atoms with Crippen molar-refractivity contribution in [2.45, 2.75) is 25.9 Å². The average molecular weight is 438 g/mol. The Hall–Kier alpha value is -3.20. The van der Waals surface area contributed by atoms with E-state index in [-0.39, 0.29) is 29.7 Å². The summed E-state index contributed by atoms with van der Waals surface area (Å²) in [5, 5.41) is 0. The van der Waals surface area contributed by atoms with Gasteiger partial charge in [-0.05, 0) is 12.0 Å². The summed E-state index contributed by atoms with van der Waals surface area (Å²) in [6, 6.07) is 9.81. The smallest absolute Gasteiger partial charge is 0.255 e. The standard InChI is InChI=1S/C23H27N5O4/c29-20-12-17(14-28(20)13-16-4-2-1-3-5-16)22(31)27-7-6-18-19(15-27)24-23(25-21(18)30)26-8-10-32-11-9-26/h1-5,17H,6-15H2,(H,24,25,30)/t17-/m0/s1. The Morgan fingerprint density at radius 3 is 2.69 bits per heavy atom. The lowest BCUT2D eigenvalue weighted by atomic mass is 10.0. The van der Waals surface area contributed by atoms with Crippen LogP contribution in [0.4, 0.5) is 5.95 Å². The number of aromatic amines is 1. The molecule has 0 saturated carbocycles. The van der Waals surface area contributed by atoms with E-state index in [4.69, 9.17) is 4.74 Å². The van der Waals surface area contributed by atoms with E-state index in [0.717, 1.165) is 5.56 Å². The van der Waals surface area contributed by atoms with E-state index in [1.165, 1.54) is 0 Å². The number of ether oxygens (including phenoxy) is 1. The number of carbonyl (C=O) groups is 2. The zero-order valence-electron chi connectivity index (χ0n) is 18.0. The van der Waals surface area contributed by atoms with Gasteiger partial charge in [0.15, 0.2) is 0 Å². The molecule has 32 heavy (non-hydrogen) atoms. The molecule has 4 heterocycles. The molecule has 5 rings (SSSR count). The SMILES string of the molecule is O=C1C[C@H](C(=O)N2CCc3c(nc(N4CCOCC4)[nH]c3=O)C2)CN1Cc1ccccc1. The van der Waals surface area contributed by atoms with E-state index in [2.05, 4.69) is 9.97 Å². The van der Waals surface area contributed by atoms with Crippen molar-refractivity contribution >= 4 is 17.8 Å². The number of anilines is 1. The van der Waals surface area contributed by atoms with Gasteiger partial charge in [0, 0.05) is 44.7 Å². The molecule has 2 saturated heterocycles. The molecule has 3 aliphatic heterocycles. The van der Waals surface area contributed by atoms with Crippen LogP contribution in [-0.2, 0) is 33.8 Å². The summed E-state index contributed by atoms with van der Waals surface area (Å²) in [7, 11) is 0. The zero-order valence-corrected chi connectivity index (χ0v) is 18.0. The fraction of sp³-hybridized carbons (Fsp3) is 0.478. The number of hydrogen-bond donors (Lipinski definition) is 1. The number of fused-ring (bicyclic) bond motifs is 1. The van der Waals surface area contributed by atoms with E-state index in [1.54, 1.807) is 9.80 Å². The van der Waals surface area contributed by atoms with E-state index >= 15 is 0 Å². The Morgan fingerprint density at radius 1 is 1.12 bits per heavy atom. The van der Waals surface area contributed by atoms with Gasteiger partial charge in [-0.2, -0.15) is 0 Å². The Balaban J connectivity index is 1.28. The lowest BCUT2D eigenvalue weighted by molar-refractivity contribution is -0.136. The molecular weight excluding hydrogens is 410 g/mol. The van der Waals surface area contributed by atoms with Crippen LogP contribution in [0.5, 0.6) is 0 Å². The third-order valence-electron chi connectivity index (χ3n) is 6.46. The molecule has 1 atom stereocenters. The molecule has 0 spiro atoms. The highest BCUT2D eigenvalue weighted by Crippen LogP contribution is 2.25. The Labute approximate surface area is 186 Å². The number of carbonyl (C=O) groups excluding carboxylic acids is 2. The van der Waals surface area contributed by atoms with Gasteiger partial charge in [-0.1, -0.05) is 30.3 Å². The fourth-order valence-corrected chi connectivity index (χ4v) is 4.69. The molecule has 1 aromatic carbocycles. The van der Waals surface area contributed by atoms with Gasteiger partial charge in [0.1, 0.15) is 0 Å². The highest BCUT2D eigenvalue weighted by molar-refractivity contribution is 5.89. The van der Waals surface area contributed by atoms with E-state index in [1.807, 2.05) is 35.2 Å². The highest BCUT2D eigenvalue weighted by atomic mass is 16.5. The minimum absolute atomic E-state index is 0.00813. The monoisotopic (exact) mass is 437 g/mol. The first kappa shape index (κ1) is 20.7. The van der Waals surface area contributed by atoms with Crippen molar-refractivity contribution in [2.24, 2.45) is 5.92 Å². The predicted octanol–water partition coefficient (Wildman–Crippen LogP) is 0.540. The third kappa shape index (κ3) is 4.12. The third-order valence-corrected chi connectivity index (χ3v) is 6.46. The number of nitrogens with zero attached hydrogens (tertiary/aromatic N) is 4. The molecule has 168 valence electrons. The normalized spacial score (nSPS) is 21.1. The Morgan fingerprint density at radius 2 is 1.91 bits per heavy atom. The zero-order chi connectivity index (χ0) is 22.1. The number of benzene rings is 1. The summed E-state index contributed by atoms with van der Waals surface area (Å²) in [5.74, 6) is 0.160. The van der Waals surface area contributed by atoms with Crippen molar-refractivity contribution in [3.8, 4) is 0 Å². The first-order valence-electron chi connectivity index (χ1n) is 11.1. The van der Waals surface area contributed by atoms with Gasteiger partial charge in [0.2, 0.25) is 17.8 Å². The van der Waals surface area contributed by atoms with Gasteiger partial charge in [0.25, 0.3) is 5.56 Å². The second-order valence-corrected chi connectivity index (χ2v) is 8.58. The first-order chi connectivity index (χ1) is 15.6. The summed E-state index contributed by atoms with van der Waals surface area (Å²) in [4.78, 5) is 51.5. The number of amides is 2. The van der Waals surface area contributed by atoms with Crippen LogP contribution in [0.25, 0.3) is 0 Å². The quantitative estimate of drug-likeness (QED) is 0.750. The summed E-state index contributed by atoms with van der Waals surface area (Å²) in [5.41, 5.74) is 2.23. The number of rotatable bonds is 4. The molecule has 2 fully saturated rings. The summed E-state index contributed by atoms with van der Waals surface area (Å²) in [6.07, 6.45) is 0.706. The van der Waals surface area contributed by atoms with Crippen LogP contribution >= 0.6 is 0 Å². The first-order valence-corrected chi connectivity index (χ1v) is 11.1. The van der Waals surface area contributed by atoms with Crippen molar-refractivity contribution in [3.05, 3.63) is 57.5 Å². The molecule has 3 aliphatic rings. The van der Waals surface area contributed by atoms with Crippen LogP contribution < -0.4 is 10.5 Å². The van der Waals surface area contributed by atoms with E-state index < -0.39 is 0 Å². The van der Waals surface area contributed by atoms with Crippen LogP contribution in [0.1, 0.15) is 23.2 Å². The maximum absolute atomic E-state index is 13.2. The molecule has 1 N–H and O–H groups in total. The average Bonchev–Trinajstić information content (AvgIpc) is 3.19. The molecular formula is C23H27N5O4. The number of likely N-dealkylation sites (tertiary alicyclic amines) is 1. The summed E-state index contributed by atoms with van der Waals surface area (Å²) >= 11 is 0. The molecule has 2 aromatic rings. The molecule has 0 radical (unpaired) electrons. The fourth-order valence-electron chi connectivity index (χ4n) is 4.69. The molecule has 0 aliphatic carbocycles. The number of hydrogen-bond acceptors (Lipinski definition) is 6. The van der Waals surface area contributed by atoms with Crippen molar-refractivity contribution < 1.29 is 14.3 Å². The van der Waals surface area contributed by atoms with E-state index in [9.17, 15) is 14.4 Å².